The molecule has 96 valence electrons. The van der Waals surface area contributed by atoms with Crippen molar-refractivity contribution in [3.05, 3.63) is 22.7 Å². The second-order valence-corrected chi connectivity index (χ2v) is 4.05. The van der Waals surface area contributed by atoms with Crippen LogP contribution in [0.15, 0.2) is 22.7 Å². The van der Waals surface area contributed by atoms with Gasteiger partial charge in [-0.3, -0.25) is 0 Å². The zero-order valence-electron chi connectivity index (χ0n) is 10.1. The molecule has 0 saturated carbocycles. The van der Waals surface area contributed by atoms with Gasteiger partial charge >= 0.3 is 0 Å². The standard InChI is InChI=1S/C12H17BrO4/c1-3-14-8-16-11-5-10(13)6-12(7-11)17-9-15-4-2/h5-7H,3-4,8-9H2,1-2H3. The van der Waals surface area contributed by atoms with Crippen molar-refractivity contribution in [3.8, 4) is 11.5 Å². The second kappa shape index (κ2) is 8.33. The molecule has 17 heavy (non-hydrogen) atoms. The van der Waals surface area contributed by atoms with Gasteiger partial charge in [0.15, 0.2) is 13.6 Å². The van der Waals surface area contributed by atoms with Crippen LogP contribution in [0.25, 0.3) is 0 Å². The van der Waals surface area contributed by atoms with Crippen molar-refractivity contribution in [2.75, 3.05) is 26.8 Å². The van der Waals surface area contributed by atoms with E-state index in [4.69, 9.17) is 18.9 Å². The molecule has 0 aromatic heterocycles. The van der Waals surface area contributed by atoms with Crippen LogP contribution in [-0.4, -0.2) is 26.8 Å². The topological polar surface area (TPSA) is 36.9 Å². The fraction of sp³-hybridized carbons (Fsp3) is 0.500. The van der Waals surface area contributed by atoms with Gasteiger partial charge in [-0.2, -0.15) is 0 Å². The lowest BCUT2D eigenvalue weighted by atomic mass is 10.3. The van der Waals surface area contributed by atoms with Crippen molar-refractivity contribution in [1.29, 1.82) is 0 Å². The van der Waals surface area contributed by atoms with Gasteiger partial charge in [-0.25, -0.2) is 0 Å². The molecule has 0 heterocycles. The van der Waals surface area contributed by atoms with E-state index in [2.05, 4.69) is 15.9 Å². The Morgan fingerprint density at radius 1 is 0.882 bits per heavy atom. The number of benzene rings is 1. The first-order chi connectivity index (χ1) is 8.26. The van der Waals surface area contributed by atoms with Crippen LogP contribution in [0, 0.1) is 0 Å². The minimum atomic E-state index is 0.234. The van der Waals surface area contributed by atoms with E-state index < -0.39 is 0 Å². The average Bonchev–Trinajstić information content (AvgIpc) is 2.29. The Morgan fingerprint density at radius 2 is 1.35 bits per heavy atom. The normalized spacial score (nSPS) is 10.3. The highest BCUT2D eigenvalue weighted by Crippen LogP contribution is 2.26. The summed E-state index contributed by atoms with van der Waals surface area (Å²) in [6, 6.07) is 5.50. The average molecular weight is 305 g/mol. The summed E-state index contributed by atoms with van der Waals surface area (Å²) in [5.74, 6) is 1.39. The monoisotopic (exact) mass is 304 g/mol. The van der Waals surface area contributed by atoms with E-state index in [9.17, 15) is 0 Å². The van der Waals surface area contributed by atoms with Gasteiger partial charge in [-0.1, -0.05) is 15.9 Å². The molecule has 5 heteroatoms. The first-order valence-corrected chi connectivity index (χ1v) is 6.27. The predicted molar refractivity (Wildman–Crippen MR) is 68.4 cm³/mol. The Kier molecular flexibility index (Phi) is 7.00. The molecule has 0 N–H and O–H groups in total. The summed E-state index contributed by atoms with van der Waals surface area (Å²) >= 11 is 3.39. The Morgan fingerprint density at radius 3 is 1.76 bits per heavy atom. The Balaban J connectivity index is 2.53. The predicted octanol–water partition coefficient (Wildman–Crippen LogP) is 3.19. The minimum Gasteiger partial charge on any atom is -0.467 e. The fourth-order valence-electron chi connectivity index (χ4n) is 1.09. The maximum Gasteiger partial charge on any atom is 0.189 e. The van der Waals surface area contributed by atoms with Gasteiger partial charge in [-0.15, -0.1) is 0 Å². The largest absolute Gasteiger partial charge is 0.467 e. The number of rotatable bonds is 8. The first-order valence-electron chi connectivity index (χ1n) is 5.48. The summed E-state index contributed by atoms with van der Waals surface area (Å²) in [6.45, 7) is 5.56. The van der Waals surface area contributed by atoms with Crippen LogP contribution >= 0.6 is 15.9 Å². The summed E-state index contributed by atoms with van der Waals surface area (Å²) in [7, 11) is 0. The van der Waals surface area contributed by atoms with E-state index in [1.165, 1.54) is 0 Å². The third-order valence-electron chi connectivity index (χ3n) is 1.87. The molecule has 4 nitrogen and oxygen atoms in total. The molecule has 1 aromatic carbocycles. The summed E-state index contributed by atoms with van der Waals surface area (Å²) in [5, 5.41) is 0. The third kappa shape index (κ3) is 5.91. The maximum absolute atomic E-state index is 5.40. The van der Waals surface area contributed by atoms with Gasteiger partial charge in [0, 0.05) is 23.8 Å². The van der Waals surface area contributed by atoms with Crippen LogP contribution in [-0.2, 0) is 9.47 Å². The number of halogens is 1. The van der Waals surface area contributed by atoms with E-state index in [-0.39, 0.29) is 13.6 Å². The summed E-state index contributed by atoms with van der Waals surface area (Å²) in [4.78, 5) is 0. The third-order valence-corrected chi connectivity index (χ3v) is 2.33. The molecular formula is C12H17BrO4. The minimum absolute atomic E-state index is 0.234. The van der Waals surface area contributed by atoms with Crippen molar-refractivity contribution < 1.29 is 18.9 Å². The van der Waals surface area contributed by atoms with Crippen LogP contribution in [0.3, 0.4) is 0 Å². The molecule has 0 atom stereocenters. The zero-order chi connectivity index (χ0) is 12.5. The molecule has 1 rings (SSSR count). The van der Waals surface area contributed by atoms with Gasteiger partial charge in [0.1, 0.15) is 11.5 Å². The van der Waals surface area contributed by atoms with Gasteiger partial charge in [0.05, 0.1) is 0 Å². The second-order valence-electron chi connectivity index (χ2n) is 3.13. The molecule has 0 bridgehead atoms. The van der Waals surface area contributed by atoms with E-state index in [1.54, 1.807) is 6.07 Å². The van der Waals surface area contributed by atoms with Crippen LogP contribution in [0.5, 0.6) is 11.5 Å². The van der Waals surface area contributed by atoms with Gasteiger partial charge in [-0.05, 0) is 26.0 Å². The SMILES string of the molecule is CCOCOc1cc(Br)cc(OCOCC)c1. The van der Waals surface area contributed by atoms with Gasteiger partial charge in [0.2, 0.25) is 0 Å². The van der Waals surface area contributed by atoms with E-state index >= 15 is 0 Å². The molecule has 0 aliphatic carbocycles. The van der Waals surface area contributed by atoms with E-state index in [0.717, 1.165) is 4.47 Å². The summed E-state index contributed by atoms with van der Waals surface area (Å²) in [5.41, 5.74) is 0. The highest BCUT2D eigenvalue weighted by molar-refractivity contribution is 9.10. The van der Waals surface area contributed by atoms with Gasteiger partial charge in [0.25, 0.3) is 0 Å². The Bertz CT molecular complexity index is 302. The van der Waals surface area contributed by atoms with Crippen molar-refractivity contribution >= 4 is 15.9 Å². The summed E-state index contributed by atoms with van der Waals surface area (Å²) < 4.78 is 21.9. The summed E-state index contributed by atoms with van der Waals surface area (Å²) in [6.07, 6.45) is 0. The number of hydrogen-bond donors (Lipinski definition) is 0. The number of ether oxygens (including phenoxy) is 4. The quantitative estimate of drug-likeness (QED) is 0.546. The molecule has 0 spiro atoms. The van der Waals surface area contributed by atoms with Crippen molar-refractivity contribution in [2.45, 2.75) is 13.8 Å². The van der Waals surface area contributed by atoms with Gasteiger partial charge < -0.3 is 18.9 Å². The van der Waals surface area contributed by atoms with Crippen molar-refractivity contribution in [1.82, 2.24) is 0 Å². The van der Waals surface area contributed by atoms with E-state index in [0.29, 0.717) is 24.7 Å². The van der Waals surface area contributed by atoms with Crippen LogP contribution < -0.4 is 9.47 Å². The lowest BCUT2D eigenvalue weighted by Crippen LogP contribution is -2.04. The van der Waals surface area contributed by atoms with Crippen LogP contribution in [0.4, 0.5) is 0 Å². The zero-order valence-corrected chi connectivity index (χ0v) is 11.7. The fourth-order valence-corrected chi connectivity index (χ4v) is 1.54. The maximum atomic E-state index is 5.40. The first kappa shape index (κ1) is 14.3. The molecule has 0 fully saturated rings. The lowest BCUT2D eigenvalue weighted by Gasteiger charge is -2.10. The Labute approximate surface area is 110 Å². The molecule has 0 unspecified atom stereocenters. The Hall–Kier alpha value is -0.780. The molecule has 0 aliphatic heterocycles. The molecule has 0 radical (unpaired) electrons. The van der Waals surface area contributed by atoms with Crippen molar-refractivity contribution in [2.24, 2.45) is 0 Å². The van der Waals surface area contributed by atoms with Crippen LogP contribution in [0.1, 0.15) is 13.8 Å². The van der Waals surface area contributed by atoms with Crippen LogP contribution in [0.2, 0.25) is 0 Å². The van der Waals surface area contributed by atoms with Crippen molar-refractivity contribution in [3.63, 3.8) is 0 Å². The smallest absolute Gasteiger partial charge is 0.189 e. The molecule has 0 amide bonds. The highest BCUT2D eigenvalue weighted by Gasteiger charge is 2.01. The molecule has 0 aliphatic rings. The molecule has 1 aromatic rings. The van der Waals surface area contributed by atoms with E-state index in [1.807, 2.05) is 26.0 Å². The highest BCUT2D eigenvalue weighted by atomic mass is 79.9. The number of hydrogen-bond acceptors (Lipinski definition) is 4. The molecular weight excluding hydrogens is 288 g/mol. The molecule has 0 saturated heterocycles. The lowest BCUT2D eigenvalue weighted by molar-refractivity contribution is 0.0181.